The fourth-order valence-electron chi connectivity index (χ4n) is 2.76. The number of imidazole rings is 1. The van der Waals surface area contributed by atoms with Crippen molar-refractivity contribution < 1.29 is 5.11 Å². The normalized spacial score (nSPS) is 12.5. The molecule has 150 valence electrons. The van der Waals surface area contributed by atoms with Crippen molar-refractivity contribution in [2.24, 2.45) is 4.99 Å². The molecule has 0 aliphatic carbocycles. The molecular weight excluding hydrogens is 533 g/mol. The number of nitrogens with one attached hydrogen (secondary N) is 2. The van der Waals surface area contributed by atoms with Gasteiger partial charge in [-0.2, -0.15) is 0 Å². The van der Waals surface area contributed by atoms with Crippen LogP contribution in [0.15, 0.2) is 64.3 Å². The number of aliphatic imine (C=N–C) groups is 1. The van der Waals surface area contributed by atoms with Crippen LogP contribution in [-0.2, 0) is 6.54 Å². The molecule has 0 amide bonds. The van der Waals surface area contributed by atoms with Crippen LogP contribution in [0, 0.1) is 0 Å². The lowest BCUT2D eigenvalue weighted by atomic mass is 10.1. The highest BCUT2D eigenvalue weighted by Gasteiger charge is 2.07. The molecule has 1 unspecified atom stereocenters. The molecule has 1 aromatic carbocycles. The predicted molar refractivity (Wildman–Crippen MR) is 127 cm³/mol. The van der Waals surface area contributed by atoms with E-state index in [1.54, 1.807) is 0 Å². The number of guanidine groups is 1. The molecule has 3 rings (SSSR count). The first-order valence-corrected chi connectivity index (χ1v) is 9.83. The smallest absolute Gasteiger partial charge is 0.191 e. The van der Waals surface area contributed by atoms with Crippen molar-refractivity contribution in [1.82, 2.24) is 20.0 Å². The molecule has 28 heavy (non-hydrogen) atoms. The van der Waals surface area contributed by atoms with Gasteiger partial charge in [0, 0.05) is 30.0 Å². The van der Waals surface area contributed by atoms with E-state index in [-0.39, 0.29) is 24.0 Å². The quantitative estimate of drug-likeness (QED) is 0.234. The van der Waals surface area contributed by atoms with Gasteiger partial charge in [-0.15, -0.1) is 24.0 Å². The molecule has 0 radical (unpaired) electrons. The summed E-state index contributed by atoms with van der Waals surface area (Å²) in [6.45, 7) is 3.90. The van der Waals surface area contributed by atoms with Crippen LogP contribution in [0.5, 0.6) is 0 Å². The summed E-state index contributed by atoms with van der Waals surface area (Å²) in [6.07, 6.45) is 4.08. The van der Waals surface area contributed by atoms with E-state index in [9.17, 15) is 5.11 Å². The van der Waals surface area contributed by atoms with Gasteiger partial charge in [-0.1, -0.05) is 30.3 Å². The van der Waals surface area contributed by atoms with Gasteiger partial charge < -0.3 is 20.1 Å². The Morgan fingerprint density at radius 1 is 1.18 bits per heavy atom. The van der Waals surface area contributed by atoms with E-state index in [2.05, 4.69) is 36.5 Å². The van der Waals surface area contributed by atoms with Crippen LogP contribution in [0.3, 0.4) is 0 Å². The predicted octanol–water partition coefficient (Wildman–Crippen LogP) is 3.89. The zero-order valence-electron chi connectivity index (χ0n) is 15.7. The van der Waals surface area contributed by atoms with Crippen molar-refractivity contribution in [3.8, 4) is 0 Å². The number of aliphatic hydroxyl groups is 1. The molecule has 6 nitrogen and oxygen atoms in total. The molecule has 0 saturated carbocycles. The summed E-state index contributed by atoms with van der Waals surface area (Å²) in [5.41, 5.74) is 2.72. The molecule has 1 atom stereocenters. The van der Waals surface area contributed by atoms with E-state index in [1.165, 1.54) is 0 Å². The average molecular weight is 558 g/mol. The molecule has 2 aromatic heterocycles. The Hall–Kier alpha value is -1.65. The SMILES string of the molecule is CCNC(=NCc1cn2cc(Br)ccc2n1)NCCC(O)c1ccccc1.I. The molecule has 0 bridgehead atoms. The topological polar surface area (TPSA) is 74.0 Å². The fraction of sp³-hybridized carbons (Fsp3) is 0.300. The van der Waals surface area contributed by atoms with Crippen LogP contribution < -0.4 is 10.6 Å². The summed E-state index contributed by atoms with van der Waals surface area (Å²) in [5.74, 6) is 0.719. The van der Waals surface area contributed by atoms with Crippen molar-refractivity contribution in [2.75, 3.05) is 13.1 Å². The molecular formula is C20H25BrIN5O. The lowest BCUT2D eigenvalue weighted by molar-refractivity contribution is 0.168. The molecule has 0 fully saturated rings. The maximum absolute atomic E-state index is 10.3. The summed E-state index contributed by atoms with van der Waals surface area (Å²) < 4.78 is 2.99. The zero-order valence-corrected chi connectivity index (χ0v) is 19.6. The van der Waals surface area contributed by atoms with Gasteiger partial charge in [0.2, 0.25) is 0 Å². The third-order valence-corrected chi connectivity index (χ3v) is 4.57. The first kappa shape index (κ1) is 22.6. The Morgan fingerprint density at radius 3 is 2.71 bits per heavy atom. The summed E-state index contributed by atoms with van der Waals surface area (Å²) in [7, 11) is 0. The molecule has 0 saturated heterocycles. The number of pyridine rings is 1. The van der Waals surface area contributed by atoms with E-state index in [0.717, 1.165) is 33.9 Å². The van der Waals surface area contributed by atoms with Crippen molar-refractivity contribution in [3.05, 3.63) is 70.6 Å². The van der Waals surface area contributed by atoms with Crippen LogP contribution in [0.4, 0.5) is 0 Å². The minimum atomic E-state index is -0.488. The number of rotatable bonds is 7. The van der Waals surface area contributed by atoms with E-state index < -0.39 is 6.10 Å². The fourth-order valence-corrected chi connectivity index (χ4v) is 3.12. The molecule has 3 N–H and O–H groups in total. The van der Waals surface area contributed by atoms with Crippen LogP contribution in [0.2, 0.25) is 0 Å². The number of hydrogen-bond acceptors (Lipinski definition) is 3. The van der Waals surface area contributed by atoms with E-state index >= 15 is 0 Å². The van der Waals surface area contributed by atoms with Gasteiger partial charge in [-0.25, -0.2) is 9.98 Å². The highest BCUT2D eigenvalue weighted by Crippen LogP contribution is 2.15. The van der Waals surface area contributed by atoms with Crippen molar-refractivity contribution in [2.45, 2.75) is 26.0 Å². The van der Waals surface area contributed by atoms with Crippen LogP contribution in [-0.4, -0.2) is 33.5 Å². The second-order valence-corrected chi connectivity index (χ2v) is 7.10. The molecule has 8 heteroatoms. The van der Waals surface area contributed by atoms with E-state index in [1.807, 2.05) is 66.2 Å². The van der Waals surface area contributed by atoms with Gasteiger partial charge in [0.15, 0.2) is 5.96 Å². The molecule has 3 aromatic rings. The standard InChI is InChI=1S/C20H24BrN5O.HI/c1-2-22-20(23-11-10-18(27)15-6-4-3-5-7-15)24-12-17-14-26-13-16(21)8-9-19(26)25-17;/h3-9,13-14,18,27H,2,10-12H2,1H3,(H2,22,23,24);1H. The maximum atomic E-state index is 10.3. The largest absolute Gasteiger partial charge is 0.388 e. The van der Waals surface area contributed by atoms with Gasteiger partial charge in [0.1, 0.15) is 5.65 Å². The Bertz CT molecular complexity index is 900. The summed E-state index contributed by atoms with van der Waals surface area (Å²) in [6, 6.07) is 13.6. The summed E-state index contributed by atoms with van der Waals surface area (Å²) in [5, 5.41) is 16.8. The third kappa shape index (κ3) is 6.46. The van der Waals surface area contributed by atoms with Crippen LogP contribution >= 0.6 is 39.9 Å². The number of benzene rings is 1. The third-order valence-electron chi connectivity index (χ3n) is 4.10. The highest BCUT2D eigenvalue weighted by atomic mass is 127. The number of aromatic nitrogens is 2. The number of nitrogens with zero attached hydrogens (tertiary/aromatic N) is 3. The first-order chi connectivity index (χ1) is 13.2. The Kier molecular flexibility index (Phi) is 9.20. The molecule has 0 aliphatic heterocycles. The van der Waals surface area contributed by atoms with Gasteiger partial charge in [0.25, 0.3) is 0 Å². The van der Waals surface area contributed by atoms with Gasteiger partial charge in [-0.05, 0) is 47.0 Å². The molecule has 0 spiro atoms. The zero-order chi connectivity index (χ0) is 19.1. The Balaban J connectivity index is 0.00000280. The lowest BCUT2D eigenvalue weighted by Gasteiger charge is -2.14. The first-order valence-electron chi connectivity index (χ1n) is 9.04. The summed E-state index contributed by atoms with van der Waals surface area (Å²) >= 11 is 3.46. The van der Waals surface area contributed by atoms with Crippen molar-refractivity contribution in [3.63, 3.8) is 0 Å². The van der Waals surface area contributed by atoms with Gasteiger partial charge in [0.05, 0.1) is 18.3 Å². The Morgan fingerprint density at radius 2 is 1.96 bits per heavy atom. The number of hydrogen-bond donors (Lipinski definition) is 3. The lowest BCUT2D eigenvalue weighted by Crippen LogP contribution is -2.38. The minimum absolute atomic E-state index is 0. The number of aliphatic hydroxyl groups excluding tert-OH is 1. The average Bonchev–Trinajstić information content (AvgIpc) is 3.08. The number of halogens is 2. The van der Waals surface area contributed by atoms with E-state index in [4.69, 9.17) is 0 Å². The minimum Gasteiger partial charge on any atom is -0.388 e. The number of fused-ring (bicyclic) bond motifs is 1. The molecule has 0 aliphatic rings. The van der Waals surface area contributed by atoms with Crippen molar-refractivity contribution >= 4 is 51.5 Å². The monoisotopic (exact) mass is 557 g/mol. The van der Waals surface area contributed by atoms with Gasteiger partial charge in [-0.3, -0.25) is 0 Å². The van der Waals surface area contributed by atoms with E-state index in [0.29, 0.717) is 19.5 Å². The second-order valence-electron chi connectivity index (χ2n) is 6.18. The summed E-state index contributed by atoms with van der Waals surface area (Å²) in [4.78, 5) is 9.17. The highest BCUT2D eigenvalue weighted by molar-refractivity contribution is 14.0. The molecule has 2 heterocycles. The second kappa shape index (κ2) is 11.4. The van der Waals surface area contributed by atoms with Crippen LogP contribution in [0.25, 0.3) is 5.65 Å². The maximum Gasteiger partial charge on any atom is 0.191 e. The Labute approximate surface area is 190 Å². The van der Waals surface area contributed by atoms with Crippen LogP contribution in [0.1, 0.15) is 30.7 Å². The van der Waals surface area contributed by atoms with Crippen molar-refractivity contribution in [1.29, 1.82) is 0 Å². The van der Waals surface area contributed by atoms with Gasteiger partial charge >= 0.3 is 0 Å².